The van der Waals surface area contributed by atoms with Crippen molar-refractivity contribution in [3.63, 3.8) is 0 Å². The van der Waals surface area contributed by atoms with E-state index in [0.29, 0.717) is 30.9 Å². The number of rotatable bonds is 1. The van der Waals surface area contributed by atoms with Gasteiger partial charge in [-0.05, 0) is 55.4 Å². The van der Waals surface area contributed by atoms with E-state index in [2.05, 4.69) is 5.32 Å². The Kier molecular flexibility index (Phi) is 4.63. The molecule has 1 aromatic carbocycles. The fraction of sp³-hybridized carbons (Fsp3) is 0.550. The SMILES string of the molecule is CC(=O)N1CC[C@@H]2[C@@H](CCN2C(=O)c2ccc3c(c2)CCC(N)C(=O)N3)C1. The van der Waals surface area contributed by atoms with E-state index in [1.54, 1.807) is 13.0 Å². The number of carbonyl (C=O) groups excluding carboxylic acids is 3. The number of hydrogen-bond donors (Lipinski definition) is 2. The van der Waals surface area contributed by atoms with Gasteiger partial charge < -0.3 is 20.9 Å². The third-order valence-electron chi connectivity index (χ3n) is 6.21. The maximum Gasteiger partial charge on any atom is 0.254 e. The van der Waals surface area contributed by atoms with Gasteiger partial charge >= 0.3 is 0 Å². The first-order valence-electron chi connectivity index (χ1n) is 9.70. The molecule has 0 aromatic heterocycles. The highest BCUT2D eigenvalue weighted by Crippen LogP contribution is 2.33. The summed E-state index contributed by atoms with van der Waals surface area (Å²) in [7, 11) is 0. The van der Waals surface area contributed by atoms with E-state index in [9.17, 15) is 14.4 Å². The topological polar surface area (TPSA) is 95.7 Å². The molecule has 3 aliphatic rings. The van der Waals surface area contributed by atoms with Gasteiger partial charge in [-0.2, -0.15) is 0 Å². The fourth-order valence-electron chi connectivity index (χ4n) is 4.61. The minimum Gasteiger partial charge on any atom is -0.343 e. The first-order chi connectivity index (χ1) is 12.9. The van der Waals surface area contributed by atoms with Gasteiger partial charge in [0.25, 0.3) is 5.91 Å². The van der Waals surface area contributed by atoms with Gasteiger partial charge in [0.1, 0.15) is 0 Å². The molecule has 3 N–H and O–H groups in total. The molecule has 2 fully saturated rings. The molecule has 3 heterocycles. The highest BCUT2D eigenvalue weighted by atomic mass is 16.2. The Labute approximate surface area is 158 Å². The summed E-state index contributed by atoms with van der Waals surface area (Å²) < 4.78 is 0. The average Bonchev–Trinajstić information content (AvgIpc) is 3.03. The standard InChI is InChI=1S/C20H26N4O3/c1-12(25)23-8-7-18-15(11-23)6-9-24(18)20(27)14-3-5-17-13(10-14)2-4-16(21)19(26)22-17/h3,5,10,15-16,18H,2,4,6-9,11,21H2,1H3,(H,22,26)/t15-,16?,18+/m0/s1. The molecule has 0 spiro atoms. The van der Waals surface area contributed by atoms with Gasteiger partial charge in [0.15, 0.2) is 0 Å². The molecule has 7 nitrogen and oxygen atoms in total. The second kappa shape index (κ2) is 6.96. The lowest BCUT2D eigenvalue weighted by atomic mass is 9.92. The summed E-state index contributed by atoms with van der Waals surface area (Å²) in [6.07, 6.45) is 3.03. The first-order valence-corrected chi connectivity index (χ1v) is 9.70. The molecule has 0 aliphatic carbocycles. The van der Waals surface area contributed by atoms with Crippen molar-refractivity contribution in [2.45, 2.75) is 44.7 Å². The van der Waals surface area contributed by atoms with Gasteiger partial charge in [0.2, 0.25) is 11.8 Å². The Morgan fingerprint density at radius 2 is 2.00 bits per heavy atom. The molecule has 0 radical (unpaired) electrons. The van der Waals surface area contributed by atoms with Gasteiger partial charge in [-0.3, -0.25) is 14.4 Å². The number of nitrogens with zero attached hydrogens (tertiary/aromatic N) is 2. The van der Waals surface area contributed by atoms with E-state index in [1.165, 1.54) is 0 Å². The third-order valence-corrected chi connectivity index (χ3v) is 6.21. The van der Waals surface area contributed by atoms with E-state index in [4.69, 9.17) is 5.73 Å². The van der Waals surface area contributed by atoms with Gasteiger partial charge in [-0.1, -0.05) is 0 Å². The fourth-order valence-corrected chi connectivity index (χ4v) is 4.61. The monoisotopic (exact) mass is 370 g/mol. The molecule has 4 rings (SSSR count). The van der Waals surface area contributed by atoms with E-state index >= 15 is 0 Å². The number of nitrogens with two attached hydrogens (primary N) is 1. The quantitative estimate of drug-likeness (QED) is 0.770. The van der Waals surface area contributed by atoms with Gasteiger partial charge in [-0.25, -0.2) is 0 Å². The number of nitrogens with one attached hydrogen (secondary N) is 1. The Hall–Kier alpha value is -2.41. The van der Waals surface area contributed by atoms with Crippen LogP contribution >= 0.6 is 0 Å². The van der Waals surface area contributed by atoms with Crippen LogP contribution in [0.3, 0.4) is 0 Å². The minimum absolute atomic E-state index is 0.0430. The molecule has 1 aromatic rings. The zero-order chi connectivity index (χ0) is 19.1. The largest absolute Gasteiger partial charge is 0.343 e. The van der Waals surface area contributed by atoms with Gasteiger partial charge in [-0.15, -0.1) is 0 Å². The van der Waals surface area contributed by atoms with Crippen molar-refractivity contribution in [3.8, 4) is 0 Å². The maximum absolute atomic E-state index is 13.2. The summed E-state index contributed by atoms with van der Waals surface area (Å²) in [5.74, 6) is 0.350. The summed E-state index contributed by atoms with van der Waals surface area (Å²) in [6.45, 7) is 3.81. The number of fused-ring (bicyclic) bond motifs is 2. The number of piperidine rings is 1. The molecule has 2 saturated heterocycles. The van der Waals surface area contributed by atoms with E-state index in [0.717, 1.165) is 37.2 Å². The summed E-state index contributed by atoms with van der Waals surface area (Å²) in [5.41, 5.74) is 8.22. The summed E-state index contributed by atoms with van der Waals surface area (Å²) in [6, 6.07) is 5.19. The lowest BCUT2D eigenvalue weighted by Gasteiger charge is -2.37. The van der Waals surface area contributed by atoms with Crippen LogP contribution in [-0.4, -0.2) is 59.2 Å². The maximum atomic E-state index is 13.2. The predicted octanol–water partition coefficient (Wildman–Crippen LogP) is 0.982. The highest BCUT2D eigenvalue weighted by molar-refractivity contribution is 5.98. The van der Waals surface area contributed by atoms with Crippen LogP contribution in [0.4, 0.5) is 5.69 Å². The number of anilines is 1. The summed E-state index contributed by atoms with van der Waals surface area (Å²) in [5, 5.41) is 2.84. The second-order valence-electron chi connectivity index (χ2n) is 7.87. The highest BCUT2D eigenvalue weighted by Gasteiger charge is 2.41. The molecule has 7 heteroatoms. The third kappa shape index (κ3) is 3.32. The van der Waals surface area contributed by atoms with Gasteiger partial charge in [0.05, 0.1) is 6.04 Å². The average molecular weight is 370 g/mol. The Balaban J connectivity index is 1.51. The van der Waals surface area contributed by atoms with Crippen LogP contribution in [0.25, 0.3) is 0 Å². The molecule has 0 saturated carbocycles. The normalized spacial score (nSPS) is 27.5. The number of carbonyl (C=O) groups is 3. The van der Waals surface area contributed by atoms with E-state index in [1.807, 2.05) is 21.9 Å². The van der Waals surface area contributed by atoms with Crippen LogP contribution in [0.2, 0.25) is 0 Å². The van der Waals surface area contributed by atoms with Crippen LogP contribution in [0, 0.1) is 5.92 Å². The number of benzene rings is 1. The Morgan fingerprint density at radius 3 is 2.78 bits per heavy atom. The van der Waals surface area contributed by atoms with Crippen molar-refractivity contribution in [1.29, 1.82) is 0 Å². The van der Waals surface area contributed by atoms with Crippen LogP contribution in [0.5, 0.6) is 0 Å². The van der Waals surface area contributed by atoms with Crippen molar-refractivity contribution >= 4 is 23.4 Å². The summed E-state index contributed by atoms with van der Waals surface area (Å²) >= 11 is 0. The molecule has 27 heavy (non-hydrogen) atoms. The molecular formula is C20H26N4O3. The van der Waals surface area contributed by atoms with Crippen LogP contribution in [0.15, 0.2) is 18.2 Å². The van der Waals surface area contributed by atoms with Crippen molar-refractivity contribution in [2.75, 3.05) is 25.0 Å². The number of likely N-dealkylation sites (tertiary alicyclic amines) is 2. The predicted molar refractivity (Wildman–Crippen MR) is 101 cm³/mol. The smallest absolute Gasteiger partial charge is 0.254 e. The van der Waals surface area contributed by atoms with Crippen molar-refractivity contribution in [1.82, 2.24) is 9.80 Å². The van der Waals surface area contributed by atoms with Crippen LogP contribution in [0.1, 0.15) is 42.1 Å². The van der Waals surface area contributed by atoms with Crippen molar-refractivity contribution < 1.29 is 14.4 Å². The zero-order valence-electron chi connectivity index (χ0n) is 15.6. The second-order valence-corrected chi connectivity index (χ2v) is 7.87. The van der Waals surface area contributed by atoms with Crippen molar-refractivity contribution in [3.05, 3.63) is 29.3 Å². The molecule has 144 valence electrons. The lowest BCUT2D eigenvalue weighted by Crippen LogP contribution is -2.48. The molecule has 1 unspecified atom stereocenters. The number of hydrogen-bond acceptors (Lipinski definition) is 4. The molecule has 0 bridgehead atoms. The Morgan fingerprint density at radius 1 is 1.19 bits per heavy atom. The minimum atomic E-state index is -0.512. The zero-order valence-corrected chi connectivity index (χ0v) is 15.6. The van der Waals surface area contributed by atoms with Gasteiger partial charge in [0, 0.05) is 43.9 Å². The molecule has 3 atom stereocenters. The molecule has 3 aliphatic heterocycles. The van der Waals surface area contributed by atoms with Crippen LogP contribution in [-0.2, 0) is 16.0 Å². The number of amides is 3. The lowest BCUT2D eigenvalue weighted by molar-refractivity contribution is -0.131. The Bertz CT molecular complexity index is 793. The van der Waals surface area contributed by atoms with Crippen LogP contribution < -0.4 is 11.1 Å². The number of aryl methyl sites for hydroxylation is 1. The van der Waals surface area contributed by atoms with Crippen molar-refractivity contribution in [2.24, 2.45) is 11.7 Å². The van der Waals surface area contributed by atoms with E-state index < -0.39 is 6.04 Å². The summed E-state index contributed by atoms with van der Waals surface area (Å²) in [4.78, 5) is 40.6. The first kappa shape index (κ1) is 18.0. The molecular weight excluding hydrogens is 344 g/mol. The van der Waals surface area contributed by atoms with E-state index in [-0.39, 0.29) is 23.8 Å². The molecule has 3 amide bonds.